The number of carboxylic acid groups (broad SMARTS) is 1. The van der Waals surface area contributed by atoms with Crippen molar-refractivity contribution in [3.63, 3.8) is 0 Å². The van der Waals surface area contributed by atoms with Crippen LogP contribution in [0.25, 0.3) is 11.8 Å². The van der Waals surface area contributed by atoms with Crippen molar-refractivity contribution in [1.29, 1.82) is 0 Å². The highest BCUT2D eigenvalue weighted by molar-refractivity contribution is 5.86. The summed E-state index contributed by atoms with van der Waals surface area (Å²) in [5, 5.41) is 13.1. The number of halogens is 1. The molecule has 0 saturated carbocycles. The van der Waals surface area contributed by atoms with Gasteiger partial charge in [0, 0.05) is 24.5 Å². The number of aliphatic carboxylic acids is 1. The van der Waals surface area contributed by atoms with Crippen LogP contribution in [0.4, 0.5) is 4.39 Å². The molecular formula is C15H16FN3O2. The van der Waals surface area contributed by atoms with Gasteiger partial charge in [0.05, 0.1) is 5.69 Å². The Bertz CT molecular complexity index is 692. The van der Waals surface area contributed by atoms with Gasteiger partial charge in [0.2, 0.25) is 0 Å². The zero-order valence-electron chi connectivity index (χ0n) is 11.9. The van der Waals surface area contributed by atoms with Gasteiger partial charge in [0.1, 0.15) is 11.6 Å². The minimum atomic E-state index is -1.13. The average Bonchev–Trinajstić information content (AvgIpc) is 2.88. The Kier molecular flexibility index (Phi) is 4.47. The van der Waals surface area contributed by atoms with E-state index in [-0.39, 0.29) is 5.56 Å². The van der Waals surface area contributed by atoms with Gasteiger partial charge in [-0.3, -0.25) is 0 Å². The number of aryl methyl sites for hydroxylation is 2. The molecule has 1 aromatic heterocycles. The molecule has 110 valence electrons. The molecule has 0 aliphatic carbocycles. The second-order valence-electron chi connectivity index (χ2n) is 4.41. The Morgan fingerprint density at radius 3 is 2.76 bits per heavy atom. The van der Waals surface area contributed by atoms with Crippen LogP contribution < -0.4 is 0 Å². The van der Waals surface area contributed by atoms with Gasteiger partial charge in [0.25, 0.3) is 0 Å². The van der Waals surface area contributed by atoms with Crippen molar-refractivity contribution >= 4 is 12.0 Å². The third-order valence-corrected chi connectivity index (χ3v) is 3.00. The van der Waals surface area contributed by atoms with Crippen molar-refractivity contribution in [3.8, 4) is 5.69 Å². The van der Waals surface area contributed by atoms with Crippen LogP contribution in [0, 0.1) is 5.82 Å². The van der Waals surface area contributed by atoms with Crippen LogP contribution >= 0.6 is 0 Å². The van der Waals surface area contributed by atoms with E-state index >= 15 is 0 Å². The van der Waals surface area contributed by atoms with Crippen molar-refractivity contribution in [2.75, 3.05) is 0 Å². The SMILES string of the molecule is CCc1nc(CC)n(-c2cccc(F)c2/C=C/C(=O)O)n1. The number of aromatic nitrogens is 3. The molecule has 1 N–H and O–H groups in total. The van der Waals surface area contributed by atoms with E-state index in [1.807, 2.05) is 13.8 Å². The van der Waals surface area contributed by atoms with Gasteiger partial charge in [-0.2, -0.15) is 5.10 Å². The van der Waals surface area contributed by atoms with Gasteiger partial charge in [-0.15, -0.1) is 0 Å². The van der Waals surface area contributed by atoms with Crippen molar-refractivity contribution in [3.05, 3.63) is 47.3 Å². The summed E-state index contributed by atoms with van der Waals surface area (Å²) in [6.45, 7) is 3.88. The lowest BCUT2D eigenvalue weighted by Crippen LogP contribution is -2.05. The highest BCUT2D eigenvalue weighted by Gasteiger charge is 2.14. The minimum Gasteiger partial charge on any atom is -0.478 e. The maximum absolute atomic E-state index is 14.0. The van der Waals surface area contributed by atoms with E-state index in [0.717, 1.165) is 6.08 Å². The number of hydrogen-bond acceptors (Lipinski definition) is 3. The summed E-state index contributed by atoms with van der Waals surface area (Å²) in [5.41, 5.74) is 0.665. The highest BCUT2D eigenvalue weighted by atomic mass is 19.1. The van der Waals surface area contributed by atoms with E-state index in [1.165, 1.54) is 12.1 Å². The first-order chi connectivity index (χ1) is 10.1. The van der Waals surface area contributed by atoms with Crippen molar-refractivity contribution in [1.82, 2.24) is 14.8 Å². The quantitative estimate of drug-likeness (QED) is 0.859. The average molecular weight is 289 g/mol. The number of carbonyl (C=O) groups is 1. The molecule has 0 aliphatic rings. The lowest BCUT2D eigenvalue weighted by molar-refractivity contribution is -0.131. The van der Waals surface area contributed by atoms with E-state index in [4.69, 9.17) is 5.11 Å². The topological polar surface area (TPSA) is 68.0 Å². The van der Waals surface area contributed by atoms with Crippen LogP contribution in [0.2, 0.25) is 0 Å². The summed E-state index contributed by atoms with van der Waals surface area (Å²) in [6.07, 6.45) is 3.46. The number of rotatable bonds is 5. The molecule has 0 bridgehead atoms. The summed E-state index contributed by atoms with van der Waals surface area (Å²) in [5.74, 6) is -0.250. The molecule has 0 atom stereocenters. The van der Waals surface area contributed by atoms with Crippen LogP contribution in [0.3, 0.4) is 0 Å². The van der Waals surface area contributed by atoms with E-state index < -0.39 is 11.8 Å². The fourth-order valence-corrected chi connectivity index (χ4v) is 1.99. The molecule has 21 heavy (non-hydrogen) atoms. The van der Waals surface area contributed by atoms with Crippen molar-refractivity contribution in [2.24, 2.45) is 0 Å². The number of carboxylic acids is 1. The first-order valence-electron chi connectivity index (χ1n) is 6.71. The third-order valence-electron chi connectivity index (χ3n) is 3.00. The standard InChI is InChI=1S/C15H16FN3O2/c1-3-13-17-14(4-2)19(18-13)12-7-5-6-11(16)10(12)8-9-15(20)21/h5-9H,3-4H2,1-2H3,(H,20,21)/b9-8+. The zero-order chi connectivity index (χ0) is 15.4. The molecular weight excluding hydrogens is 273 g/mol. The van der Waals surface area contributed by atoms with Crippen molar-refractivity contribution in [2.45, 2.75) is 26.7 Å². The Morgan fingerprint density at radius 1 is 1.38 bits per heavy atom. The number of hydrogen-bond donors (Lipinski definition) is 1. The molecule has 1 heterocycles. The van der Waals surface area contributed by atoms with Crippen LogP contribution in [-0.2, 0) is 17.6 Å². The Hall–Kier alpha value is -2.50. The van der Waals surface area contributed by atoms with Crippen LogP contribution in [0.5, 0.6) is 0 Å². The predicted molar refractivity (Wildman–Crippen MR) is 76.7 cm³/mol. The zero-order valence-corrected chi connectivity index (χ0v) is 11.9. The molecule has 0 fully saturated rings. The monoisotopic (exact) mass is 289 g/mol. The molecule has 6 heteroatoms. The molecule has 5 nitrogen and oxygen atoms in total. The van der Waals surface area contributed by atoms with Gasteiger partial charge in [0.15, 0.2) is 5.82 Å². The van der Waals surface area contributed by atoms with E-state index in [0.29, 0.717) is 30.2 Å². The van der Waals surface area contributed by atoms with Crippen LogP contribution in [0.1, 0.15) is 31.1 Å². The molecule has 0 spiro atoms. The van der Waals surface area contributed by atoms with E-state index in [2.05, 4.69) is 10.1 Å². The molecule has 0 aliphatic heterocycles. The number of benzene rings is 1. The largest absolute Gasteiger partial charge is 0.478 e. The van der Waals surface area contributed by atoms with Gasteiger partial charge < -0.3 is 5.11 Å². The summed E-state index contributed by atoms with van der Waals surface area (Å²) < 4.78 is 15.6. The van der Waals surface area contributed by atoms with Gasteiger partial charge in [-0.1, -0.05) is 19.9 Å². The molecule has 2 rings (SSSR count). The summed E-state index contributed by atoms with van der Waals surface area (Å²) in [4.78, 5) is 15.0. The van der Waals surface area contributed by atoms with E-state index in [1.54, 1.807) is 16.8 Å². The van der Waals surface area contributed by atoms with Crippen LogP contribution in [0.15, 0.2) is 24.3 Å². The fraction of sp³-hybridized carbons (Fsp3) is 0.267. The summed E-state index contributed by atoms with van der Waals surface area (Å²) >= 11 is 0. The second-order valence-corrected chi connectivity index (χ2v) is 4.41. The smallest absolute Gasteiger partial charge is 0.328 e. The van der Waals surface area contributed by atoms with Gasteiger partial charge in [-0.25, -0.2) is 18.9 Å². The highest BCUT2D eigenvalue weighted by Crippen LogP contribution is 2.21. The van der Waals surface area contributed by atoms with Crippen molar-refractivity contribution < 1.29 is 14.3 Å². The molecule has 0 saturated heterocycles. The molecule has 0 radical (unpaired) electrons. The predicted octanol–water partition coefficient (Wildman–Crippen LogP) is 2.63. The number of nitrogens with zero attached hydrogens (tertiary/aromatic N) is 3. The summed E-state index contributed by atoms with van der Waals surface area (Å²) in [7, 11) is 0. The van der Waals surface area contributed by atoms with E-state index in [9.17, 15) is 9.18 Å². The maximum Gasteiger partial charge on any atom is 0.328 e. The lowest BCUT2D eigenvalue weighted by atomic mass is 10.1. The first kappa shape index (κ1) is 14.9. The first-order valence-corrected chi connectivity index (χ1v) is 6.71. The minimum absolute atomic E-state index is 0.183. The maximum atomic E-state index is 14.0. The van der Waals surface area contributed by atoms with Gasteiger partial charge in [-0.05, 0) is 18.2 Å². The molecule has 1 aromatic carbocycles. The van der Waals surface area contributed by atoms with Gasteiger partial charge >= 0.3 is 5.97 Å². The Morgan fingerprint density at radius 2 is 2.14 bits per heavy atom. The fourth-order valence-electron chi connectivity index (χ4n) is 1.99. The molecule has 0 amide bonds. The normalized spacial score (nSPS) is 11.2. The van der Waals surface area contributed by atoms with Crippen LogP contribution in [-0.4, -0.2) is 25.8 Å². The summed E-state index contributed by atoms with van der Waals surface area (Å²) in [6, 6.07) is 4.54. The molecule has 0 unspecified atom stereocenters. The second kappa shape index (κ2) is 6.30. The Labute approximate surface area is 121 Å². The third kappa shape index (κ3) is 3.16. The lowest BCUT2D eigenvalue weighted by Gasteiger charge is -2.09. The Balaban J connectivity index is 2.61. The molecule has 2 aromatic rings.